The van der Waals surface area contributed by atoms with Gasteiger partial charge in [-0.3, -0.25) is 4.79 Å². The monoisotopic (exact) mass is 193 g/mol. The molecule has 12 heavy (non-hydrogen) atoms. The zero-order valence-corrected chi connectivity index (χ0v) is 8.34. The average molecular weight is 194 g/mol. The molecule has 0 bridgehead atoms. The summed E-state index contributed by atoms with van der Waals surface area (Å²) in [6, 6.07) is 0. The van der Waals surface area contributed by atoms with Crippen molar-refractivity contribution in [2.45, 2.75) is 25.6 Å². The van der Waals surface area contributed by atoms with E-state index in [1.807, 2.05) is 11.8 Å². The Morgan fingerprint density at radius 2 is 2.17 bits per heavy atom. The molecule has 0 amide bonds. The van der Waals surface area contributed by atoms with Crippen LogP contribution in [0, 0.1) is 0 Å². The van der Waals surface area contributed by atoms with Gasteiger partial charge in [-0.1, -0.05) is 13.8 Å². The lowest BCUT2D eigenvalue weighted by molar-refractivity contribution is -0.136. The van der Waals surface area contributed by atoms with Gasteiger partial charge in [-0.15, -0.1) is 11.6 Å². The third-order valence-corrected chi connectivity index (χ3v) is 2.00. The van der Waals surface area contributed by atoms with E-state index in [-0.39, 0.29) is 0 Å². The minimum absolute atomic E-state index is 0.432. The largest absolute Gasteiger partial charge is 0.480 e. The Balaban J connectivity index is 3.76. The van der Waals surface area contributed by atoms with Crippen LogP contribution < -0.4 is 0 Å². The lowest BCUT2D eigenvalue weighted by Crippen LogP contribution is -2.34. The summed E-state index contributed by atoms with van der Waals surface area (Å²) in [7, 11) is 0. The minimum atomic E-state index is -0.939. The van der Waals surface area contributed by atoms with E-state index in [1.165, 1.54) is 0 Å². The van der Waals surface area contributed by atoms with E-state index < -0.39 is 11.3 Å². The van der Waals surface area contributed by atoms with E-state index in [1.54, 1.807) is 0 Å². The van der Waals surface area contributed by atoms with Gasteiger partial charge in [0.15, 0.2) is 0 Å². The van der Waals surface area contributed by atoms with Crippen LogP contribution in [0.4, 0.5) is 0 Å². The fraction of sp³-hybridized carbons (Fsp3) is 0.875. The van der Waals surface area contributed by atoms with E-state index in [2.05, 4.69) is 6.92 Å². The number of hydrogen-bond donors (Lipinski definition) is 1. The van der Waals surface area contributed by atoms with Gasteiger partial charge in [0, 0.05) is 6.54 Å². The Morgan fingerprint density at radius 1 is 1.58 bits per heavy atom. The molecule has 4 heteroatoms. The average Bonchev–Trinajstić information content (AvgIpc) is 2.03. The summed E-state index contributed by atoms with van der Waals surface area (Å²) in [6.45, 7) is 6.26. The molecule has 0 fully saturated rings. The van der Waals surface area contributed by atoms with Gasteiger partial charge in [0.25, 0.3) is 0 Å². The van der Waals surface area contributed by atoms with Crippen molar-refractivity contribution in [2.24, 2.45) is 0 Å². The zero-order valence-electron chi connectivity index (χ0n) is 7.59. The van der Waals surface area contributed by atoms with E-state index in [9.17, 15) is 4.79 Å². The first-order chi connectivity index (χ1) is 5.61. The molecule has 0 aliphatic heterocycles. The summed E-state index contributed by atoms with van der Waals surface area (Å²) in [6.07, 6.45) is 1.02. The van der Waals surface area contributed by atoms with Crippen molar-refractivity contribution >= 4 is 17.6 Å². The first-order valence-corrected chi connectivity index (χ1v) is 4.64. The first kappa shape index (κ1) is 11.7. The lowest BCUT2D eigenvalue weighted by atomic mass is 10.3. The van der Waals surface area contributed by atoms with Crippen molar-refractivity contribution in [3.05, 3.63) is 0 Å². The molecule has 0 aromatic rings. The third-order valence-electron chi connectivity index (χ3n) is 1.67. The number of hydrogen-bond acceptors (Lipinski definition) is 2. The topological polar surface area (TPSA) is 40.5 Å². The van der Waals surface area contributed by atoms with Crippen molar-refractivity contribution in [1.82, 2.24) is 4.90 Å². The number of carbonyl (C=O) groups is 1. The minimum Gasteiger partial charge on any atom is -0.480 e. The highest BCUT2D eigenvalue weighted by atomic mass is 35.5. The second-order valence-corrected chi connectivity index (χ2v) is 3.23. The van der Waals surface area contributed by atoms with Crippen molar-refractivity contribution in [1.29, 1.82) is 0 Å². The molecule has 0 aliphatic rings. The van der Waals surface area contributed by atoms with Crippen LogP contribution in [0.2, 0.25) is 0 Å². The van der Waals surface area contributed by atoms with Crippen LogP contribution in [0.25, 0.3) is 0 Å². The standard InChI is InChI=1S/C8H16ClNO2/c1-3-5-10(4-2)6-7(9)8(11)12/h7H,3-6H2,1-2H3,(H,11,12). The number of aliphatic carboxylic acids is 1. The Hall–Kier alpha value is -0.280. The Kier molecular flexibility index (Phi) is 6.11. The fourth-order valence-electron chi connectivity index (χ4n) is 1.000. The van der Waals surface area contributed by atoms with Crippen LogP contribution in [0.3, 0.4) is 0 Å². The highest BCUT2D eigenvalue weighted by molar-refractivity contribution is 6.29. The Bertz CT molecular complexity index is 141. The number of carboxylic acids is 1. The highest BCUT2D eigenvalue weighted by Crippen LogP contribution is 2.01. The lowest BCUT2D eigenvalue weighted by Gasteiger charge is -2.20. The summed E-state index contributed by atoms with van der Waals surface area (Å²) in [5, 5.41) is 7.75. The second-order valence-electron chi connectivity index (χ2n) is 2.70. The summed E-state index contributed by atoms with van der Waals surface area (Å²) >= 11 is 5.58. The smallest absolute Gasteiger partial charge is 0.322 e. The van der Waals surface area contributed by atoms with Crippen molar-refractivity contribution < 1.29 is 9.90 Å². The molecule has 0 radical (unpaired) electrons. The molecule has 1 N–H and O–H groups in total. The highest BCUT2D eigenvalue weighted by Gasteiger charge is 2.16. The first-order valence-electron chi connectivity index (χ1n) is 4.21. The molecule has 0 rings (SSSR count). The van der Waals surface area contributed by atoms with Gasteiger partial charge in [-0.05, 0) is 19.5 Å². The summed E-state index contributed by atoms with van der Waals surface area (Å²) in [5.41, 5.74) is 0. The van der Waals surface area contributed by atoms with Crippen molar-refractivity contribution in [3.63, 3.8) is 0 Å². The van der Waals surface area contributed by atoms with Crippen LogP contribution in [-0.2, 0) is 4.79 Å². The van der Waals surface area contributed by atoms with E-state index >= 15 is 0 Å². The van der Waals surface area contributed by atoms with Crippen molar-refractivity contribution in [2.75, 3.05) is 19.6 Å². The predicted molar refractivity (Wildman–Crippen MR) is 49.7 cm³/mol. The molecule has 1 atom stereocenters. The number of alkyl halides is 1. The molecule has 3 nitrogen and oxygen atoms in total. The van der Waals surface area contributed by atoms with E-state index in [4.69, 9.17) is 16.7 Å². The predicted octanol–water partition coefficient (Wildman–Crippen LogP) is 1.41. The van der Waals surface area contributed by atoms with Crippen LogP contribution in [-0.4, -0.2) is 41.0 Å². The maximum absolute atomic E-state index is 10.4. The number of rotatable bonds is 6. The maximum atomic E-state index is 10.4. The third kappa shape index (κ3) is 4.57. The van der Waals surface area contributed by atoms with Crippen LogP contribution in [0.5, 0.6) is 0 Å². The maximum Gasteiger partial charge on any atom is 0.322 e. The SMILES string of the molecule is CCCN(CC)CC(Cl)C(=O)O. The van der Waals surface area contributed by atoms with Gasteiger partial charge < -0.3 is 10.0 Å². The summed E-state index contributed by atoms with van der Waals surface area (Å²) in [4.78, 5) is 12.4. The molecule has 1 unspecified atom stereocenters. The van der Waals surface area contributed by atoms with Gasteiger partial charge in [0.05, 0.1) is 0 Å². The number of halogens is 1. The summed E-state index contributed by atoms with van der Waals surface area (Å²) in [5.74, 6) is -0.939. The molecular formula is C8H16ClNO2. The quantitative estimate of drug-likeness (QED) is 0.649. The normalized spacial score (nSPS) is 13.3. The zero-order chi connectivity index (χ0) is 9.56. The molecule has 0 aromatic carbocycles. The molecule has 0 saturated heterocycles. The van der Waals surface area contributed by atoms with Crippen molar-refractivity contribution in [3.8, 4) is 0 Å². The fourth-order valence-corrected chi connectivity index (χ4v) is 1.19. The molecular weight excluding hydrogens is 178 g/mol. The van der Waals surface area contributed by atoms with Crippen LogP contribution in [0.1, 0.15) is 20.3 Å². The van der Waals surface area contributed by atoms with E-state index in [0.29, 0.717) is 6.54 Å². The molecule has 0 spiro atoms. The second kappa shape index (κ2) is 6.26. The van der Waals surface area contributed by atoms with Crippen LogP contribution >= 0.6 is 11.6 Å². The van der Waals surface area contributed by atoms with E-state index in [0.717, 1.165) is 19.5 Å². The van der Waals surface area contributed by atoms with Gasteiger partial charge in [0.2, 0.25) is 0 Å². The molecule has 0 saturated carbocycles. The van der Waals surface area contributed by atoms with Gasteiger partial charge in [0.1, 0.15) is 5.38 Å². The van der Waals surface area contributed by atoms with Gasteiger partial charge >= 0.3 is 5.97 Å². The molecule has 0 heterocycles. The molecule has 0 aliphatic carbocycles. The summed E-state index contributed by atoms with van der Waals surface area (Å²) < 4.78 is 0. The Morgan fingerprint density at radius 3 is 2.50 bits per heavy atom. The van der Waals surface area contributed by atoms with Crippen LogP contribution in [0.15, 0.2) is 0 Å². The number of nitrogens with zero attached hydrogens (tertiary/aromatic N) is 1. The molecule has 0 aromatic heterocycles. The molecule has 72 valence electrons. The Labute approximate surface area is 78.3 Å². The number of carboxylic acid groups (broad SMARTS) is 1. The van der Waals surface area contributed by atoms with Gasteiger partial charge in [-0.2, -0.15) is 0 Å². The van der Waals surface area contributed by atoms with Gasteiger partial charge in [-0.25, -0.2) is 0 Å².